The molecule has 5 heteroatoms. The van der Waals surface area contributed by atoms with E-state index in [9.17, 15) is 4.79 Å². The summed E-state index contributed by atoms with van der Waals surface area (Å²) in [6.07, 6.45) is 3.20. The minimum absolute atomic E-state index is 0.373. The monoisotopic (exact) mass is 176 g/mol. The molecule has 0 bridgehead atoms. The molecule has 0 spiro atoms. The highest BCUT2D eigenvalue weighted by atomic mass is 16.1. The van der Waals surface area contributed by atoms with E-state index in [2.05, 4.69) is 10.1 Å². The number of amides is 1. The van der Waals surface area contributed by atoms with Crippen LogP contribution in [0.4, 0.5) is 0 Å². The average Bonchev–Trinajstić information content (AvgIpc) is 2.42. The van der Waals surface area contributed by atoms with E-state index in [-0.39, 0.29) is 0 Å². The van der Waals surface area contributed by atoms with Crippen LogP contribution in [0.3, 0.4) is 0 Å². The van der Waals surface area contributed by atoms with Crippen molar-refractivity contribution in [1.29, 1.82) is 0 Å². The molecule has 1 amide bonds. The molecule has 0 radical (unpaired) electrons. The third-order valence-corrected chi connectivity index (χ3v) is 1.73. The zero-order chi connectivity index (χ0) is 9.42. The summed E-state index contributed by atoms with van der Waals surface area (Å²) in [6.45, 7) is 1.86. The fourth-order valence-electron chi connectivity index (χ4n) is 1.13. The van der Waals surface area contributed by atoms with Crippen molar-refractivity contribution in [2.24, 2.45) is 5.73 Å². The second-order valence-electron chi connectivity index (χ2n) is 2.79. The lowest BCUT2D eigenvalue weighted by Crippen LogP contribution is -2.11. The summed E-state index contributed by atoms with van der Waals surface area (Å²) in [5.41, 5.74) is 6.96. The minimum Gasteiger partial charge on any atom is -0.366 e. The molecule has 0 fully saturated rings. The van der Waals surface area contributed by atoms with Gasteiger partial charge in [-0.25, -0.2) is 9.50 Å². The summed E-state index contributed by atoms with van der Waals surface area (Å²) >= 11 is 0. The van der Waals surface area contributed by atoms with Crippen LogP contribution < -0.4 is 5.73 Å². The molecule has 0 saturated heterocycles. The molecule has 13 heavy (non-hydrogen) atoms. The highest BCUT2D eigenvalue weighted by Gasteiger charge is 2.03. The summed E-state index contributed by atoms with van der Waals surface area (Å²) in [4.78, 5) is 14.9. The average molecular weight is 176 g/mol. The smallest absolute Gasteiger partial charge is 0.250 e. The lowest BCUT2D eigenvalue weighted by Gasteiger charge is -1.94. The van der Waals surface area contributed by atoms with Gasteiger partial charge in [0.1, 0.15) is 0 Å². The molecule has 2 rings (SSSR count). The summed E-state index contributed by atoms with van der Waals surface area (Å²) < 4.78 is 1.60. The van der Waals surface area contributed by atoms with Crippen LogP contribution in [0.2, 0.25) is 0 Å². The number of nitrogens with zero attached hydrogens (tertiary/aromatic N) is 3. The molecule has 66 valence electrons. The van der Waals surface area contributed by atoms with E-state index in [1.54, 1.807) is 16.8 Å². The SMILES string of the molecule is Cc1cn2ncc(C(N)=O)cc2n1. The van der Waals surface area contributed by atoms with Crippen LogP contribution in [0.1, 0.15) is 16.1 Å². The fraction of sp³-hybridized carbons (Fsp3) is 0.125. The maximum absolute atomic E-state index is 10.8. The van der Waals surface area contributed by atoms with Crippen molar-refractivity contribution in [3.8, 4) is 0 Å². The summed E-state index contributed by atoms with van der Waals surface area (Å²) in [7, 11) is 0. The first-order valence-electron chi connectivity index (χ1n) is 3.78. The van der Waals surface area contributed by atoms with Crippen LogP contribution in [-0.4, -0.2) is 20.5 Å². The van der Waals surface area contributed by atoms with E-state index in [0.717, 1.165) is 5.69 Å². The van der Waals surface area contributed by atoms with Gasteiger partial charge in [-0.15, -0.1) is 0 Å². The number of nitrogens with two attached hydrogens (primary N) is 1. The molecular weight excluding hydrogens is 168 g/mol. The molecule has 0 atom stereocenters. The highest BCUT2D eigenvalue weighted by molar-refractivity contribution is 5.93. The van der Waals surface area contributed by atoms with E-state index in [1.165, 1.54) is 6.20 Å². The summed E-state index contributed by atoms with van der Waals surface area (Å²) in [5, 5.41) is 3.98. The Balaban J connectivity index is 2.67. The second kappa shape index (κ2) is 2.55. The van der Waals surface area contributed by atoms with Crippen molar-refractivity contribution < 1.29 is 4.79 Å². The van der Waals surface area contributed by atoms with Crippen molar-refractivity contribution >= 4 is 11.6 Å². The molecule has 0 aromatic carbocycles. The van der Waals surface area contributed by atoms with E-state index in [0.29, 0.717) is 11.2 Å². The first-order chi connectivity index (χ1) is 6.16. The lowest BCUT2D eigenvalue weighted by atomic mass is 10.3. The van der Waals surface area contributed by atoms with Gasteiger partial charge in [0.15, 0.2) is 5.65 Å². The van der Waals surface area contributed by atoms with E-state index >= 15 is 0 Å². The highest BCUT2D eigenvalue weighted by Crippen LogP contribution is 2.04. The van der Waals surface area contributed by atoms with E-state index in [4.69, 9.17) is 5.73 Å². The lowest BCUT2D eigenvalue weighted by molar-refractivity contribution is 0.1000. The van der Waals surface area contributed by atoms with E-state index < -0.39 is 5.91 Å². The molecule has 2 N–H and O–H groups in total. The van der Waals surface area contributed by atoms with Crippen LogP contribution in [-0.2, 0) is 0 Å². The van der Waals surface area contributed by atoms with Gasteiger partial charge in [-0.3, -0.25) is 4.79 Å². The summed E-state index contributed by atoms with van der Waals surface area (Å²) in [6, 6.07) is 1.61. The Morgan fingerprint density at radius 2 is 2.38 bits per heavy atom. The fourth-order valence-corrected chi connectivity index (χ4v) is 1.13. The van der Waals surface area contributed by atoms with Crippen molar-refractivity contribution in [1.82, 2.24) is 14.6 Å². The number of rotatable bonds is 1. The predicted molar refractivity (Wildman–Crippen MR) is 46.2 cm³/mol. The van der Waals surface area contributed by atoms with Crippen LogP contribution in [0.25, 0.3) is 5.65 Å². The molecule has 0 saturated carbocycles. The maximum atomic E-state index is 10.8. The number of hydrogen-bond acceptors (Lipinski definition) is 3. The number of aromatic nitrogens is 3. The van der Waals surface area contributed by atoms with E-state index in [1.807, 2.05) is 6.92 Å². The van der Waals surface area contributed by atoms with Gasteiger partial charge in [-0.1, -0.05) is 0 Å². The first kappa shape index (κ1) is 7.72. The van der Waals surface area contributed by atoms with Gasteiger partial charge in [0, 0.05) is 0 Å². The van der Waals surface area contributed by atoms with Gasteiger partial charge in [0.25, 0.3) is 0 Å². The van der Waals surface area contributed by atoms with Gasteiger partial charge < -0.3 is 5.73 Å². The number of carbonyl (C=O) groups excluding carboxylic acids is 1. The zero-order valence-corrected chi connectivity index (χ0v) is 7.06. The standard InChI is InChI=1S/C8H8N4O/c1-5-4-12-7(11-5)2-6(3-10-12)8(9)13/h2-4H,1H3,(H2,9,13). The molecular formula is C8H8N4O. The Kier molecular flexibility index (Phi) is 1.51. The van der Waals surface area contributed by atoms with Crippen molar-refractivity contribution in [3.63, 3.8) is 0 Å². The van der Waals surface area contributed by atoms with Crippen LogP contribution in [0.5, 0.6) is 0 Å². The van der Waals surface area contributed by atoms with Crippen molar-refractivity contribution in [2.75, 3.05) is 0 Å². The Labute approximate surface area is 74.2 Å². The van der Waals surface area contributed by atoms with Crippen LogP contribution in [0.15, 0.2) is 18.5 Å². The quantitative estimate of drug-likeness (QED) is 0.671. The Morgan fingerprint density at radius 1 is 1.62 bits per heavy atom. The molecule has 0 aliphatic heterocycles. The molecule has 0 aliphatic carbocycles. The number of imidazole rings is 1. The third-order valence-electron chi connectivity index (χ3n) is 1.73. The molecule has 0 unspecified atom stereocenters. The normalized spacial score (nSPS) is 10.5. The van der Waals surface area contributed by atoms with Gasteiger partial charge in [0.2, 0.25) is 5.91 Å². The Hall–Kier alpha value is -1.91. The number of aryl methyl sites for hydroxylation is 1. The largest absolute Gasteiger partial charge is 0.366 e. The maximum Gasteiger partial charge on any atom is 0.250 e. The first-order valence-corrected chi connectivity index (χ1v) is 3.78. The summed E-state index contributed by atoms with van der Waals surface area (Å²) in [5.74, 6) is -0.490. The number of hydrogen-bond donors (Lipinski definition) is 1. The number of carbonyl (C=O) groups is 1. The Bertz CT molecular complexity index is 474. The number of primary amides is 1. The minimum atomic E-state index is -0.490. The molecule has 5 nitrogen and oxygen atoms in total. The Morgan fingerprint density at radius 3 is 3.08 bits per heavy atom. The van der Waals surface area contributed by atoms with Gasteiger partial charge >= 0.3 is 0 Å². The molecule has 0 aliphatic rings. The molecule has 2 aromatic rings. The molecule has 2 aromatic heterocycles. The van der Waals surface area contributed by atoms with Crippen molar-refractivity contribution in [3.05, 3.63) is 29.7 Å². The van der Waals surface area contributed by atoms with Crippen LogP contribution in [0, 0.1) is 6.92 Å². The zero-order valence-electron chi connectivity index (χ0n) is 7.06. The van der Waals surface area contributed by atoms with Gasteiger partial charge in [-0.05, 0) is 13.0 Å². The number of fused-ring (bicyclic) bond motifs is 1. The predicted octanol–water partition coefficient (Wildman–Crippen LogP) is 0.137. The van der Waals surface area contributed by atoms with Gasteiger partial charge in [0.05, 0.1) is 23.7 Å². The van der Waals surface area contributed by atoms with Crippen LogP contribution >= 0.6 is 0 Å². The molecule has 2 heterocycles. The topological polar surface area (TPSA) is 73.3 Å². The van der Waals surface area contributed by atoms with Crippen molar-refractivity contribution in [2.45, 2.75) is 6.92 Å². The second-order valence-corrected chi connectivity index (χ2v) is 2.79. The van der Waals surface area contributed by atoms with Gasteiger partial charge in [-0.2, -0.15) is 5.10 Å². The third kappa shape index (κ3) is 1.24.